The fraction of sp³-hybridized carbons (Fsp3) is 0.364. The highest BCUT2D eigenvalue weighted by molar-refractivity contribution is 5.94. The summed E-state index contributed by atoms with van der Waals surface area (Å²) in [7, 11) is 1.64. The third kappa shape index (κ3) is 3.68. The van der Waals surface area contributed by atoms with Crippen LogP contribution in [0.4, 0.5) is 11.6 Å². The Kier molecular flexibility index (Phi) is 5.10. The number of benzene rings is 2. The predicted molar refractivity (Wildman–Crippen MR) is 110 cm³/mol. The quantitative estimate of drug-likeness (QED) is 0.640. The summed E-state index contributed by atoms with van der Waals surface area (Å²) in [4.78, 5) is 16.6. The summed E-state index contributed by atoms with van der Waals surface area (Å²) in [6, 6.07) is 16.4. The van der Waals surface area contributed by atoms with Gasteiger partial charge in [-0.2, -0.15) is 0 Å². The van der Waals surface area contributed by atoms with Gasteiger partial charge in [0.25, 0.3) is 5.91 Å². The molecule has 1 amide bonds. The van der Waals surface area contributed by atoms with E-state index in [1.165, 1.54) is 44.0 Å². The topological polar surface area (TPSA) is 59.0 Å². The number of para-hydroxylation sites is 2. The van der Waals surface area contributed by atoms with E-state index in [1.807, 2.05) is 30.3 Å². The van der Waals surface area contributed by atoms with Gasteiger partial charge in [-0.1, -0.05) is 37.8 Å². The molecule has 3 aromatic rings. The van der Waals surface area contributed by atoms with Crippen LogP contribution in [0.1, 0.15) is 54.9 Å². The number of carbonyl (C=O) groups excluding carboxylic acids is 1. The van der Waals surface area contributed by atoms with E-state index in [4.69, 9.17) is 4.98 Å². The molecule has 5 nitrogen and oxygen atoms in total. The average Bonchev–Trinajstić information content (AvgIpc) is 2.87. The van der Waals surface area contributed by atoms with Crippen LogP contribution in [0.5, 0.6) is 0 Å². The van der Waals surface area contributed by atoms with Gasteiger partial charge in [0.05, 0.1) is 11.0 Å². The SMILES string of the molecule is CNC(=O)c1ccc(Nc2nc3ccccc3n2C2CCCCCC2)cc1. The molecule has 0 atom stereocenters. The highest BCUT2D eigenvalue weighted by Gasteiger charge is 2.20. The molecule has 1 aromatic heterocycles. The molecule has 2 N–H and O–H groups in total. The molecular formula is C22H26N4O. The van der Waals surface area contributed by atoms with Crippen LogP contribution in [-0.2, 0) is 0 Å². The number of anilines is 2. The van der Waals surface area contributed by atoms with E-state index >= 15 is 0 Å². The van der Waals surface area contributed by atoms with Gasteiger partial charge in [0.15, 0.2) is 0 Å². The van der Waals surface area contributed by atoms with Crippen molar-refractivity contribution in [3.8, 4) is 0 Å². The molecule has 0 radical (unpaired) electrons. The summed E-state index contributed by atoms with van der Waals surface area (Å²) < 4.78 is 2.38. The smallest absolute Gasteiger partial charge is 0.251 e. The zero-order valence-corrected chi connectivity index (χ0v) is 15.7. The summed E-state index contributed by atoms with van der Waals surface area (Å²) >= 11 is 0. The van der Waals surface area contributed by atoms with Crippen molar-refractivity contribution in [2.75, 3.05) is 12.4 Å². The maximum absolute atomic E-state index is 11.7. The van der Waals surface area contributed by atoms with Gasteiger partial charge < -0.3 is 15.2 Å². The number of hydrogen-bond acceptors (Lipinski definition) is 3. The Balaban J connectivity index is 1.68. The van der Waals surface area contributed by atoms with Gasteiger partial charge in [0.2, 0.25) is 5.95 Å². The van der Waals surface area contributed by atoms with E-state index in [-0.39, 0.29) is 5.91 Å². The van der Waals surface area contributed by atoms with Crippen molar-refractivity contribution in [2.24, 2.45) is 0 Å². The molecule has 1 aliphatic rings. The van der Waals surface area contributed by atoms with Gasteiger partial charge in [-0.3, -0.25) is 4.79 Å². The van der Waals surface area contributed by atoms with E-state index < -0.39 is 0 Å². The molecule has 1 heterocycles. The molecule has 0 unspecified atom stereocenters. The van der Waals surface area contributed by atoms with Crippen LogP contribution in [-0.4, -0.2) is 22.5 Å². The standard InChI is InChI=1S/C22H26N4O/c1-23-21(27)16-12-14-17(15-13-16)24-22-25-19-10-6-7-11-20(19)26(22)18-8-4-2-3-5-9-18/h6-7,10-15,18H,2-5,8-9H2,1H3,(H,23,27)(H,24,25). The first-order chi connectivity index (χ1) is 13.3. The maximum atomic E-state index is 11.7. The lowest BCUT2D eigenvalue weighted by Crippen LogP contribution is -2.17. The lowest BCUT2D eigenvalue weighted by Gasteiger charge is -2.20. The monoisotopic (exact) mass is 362 g/mol. The van der Waals surface area contributed by atoms with Gasteiger partial charge >= 0.3 is 0 Å². The van der Waals surface area contributed by atoms with Crippen molar-refractivity contribution in [3.05, 3.63) is 54.1 Å². The molecule has 0 aliphatic heterocycles. The van der Waals surface area contributed by atoms with Gasteiger partial charge in [-0.15, -0.1) is 0 Å². The molecule has 0 spiro atoms. The Morgan fingerprint density at radius 3 is 2.41 bits per heavy atom. The Bertz CT molecular complexity index is 921. The van der Waals surface area contributed by atoms with Gasteiger partial charge in [0.1, 0.15) is 0 Å². The number of nitrogens with zero attached hydrogens (tertiary/aromatic N) is 2. The van der Waals surface area contributed by atoms with Crippen molar-refractivity contribution >= 4 is 28.6 Å². The second-order valence-corrected chi connectivity index (χ2v) is 7.22. The van der Waals surface area contributed by atoms with Crippen molar-refractivity contribution < 1.29 is 4.79 Å². The second-order valence-electron chi connectivity index (χ2n) is 7.22. The number of nitrogens with one attached hydrogen (secondary N) is 2. The minimum absolute atomic E-state index is 0.0766. The minimum Gasteiger partial charge on any atom is -0.355 e. The minimum atomic E-state index is -0.0766. The third-order valence-corrected chi connectivity index (χ3v) is 5.42. The molecule has 27 heavy (non-hydrogen) atoms. The normalized spacial score (nSPS) is 15.4. The number of fused-ring (bicyclic) bond motifs is 1. The van der Waals surface area contributed by atoms with Crippen LogP contribution in [0.2, 0.25) is 0 Å². The van der Waals surface area contributed by atoms with Crippen molar-refractivity contribution in [2.45, 2.75) is 44.6 Å². The number of aromatic nitrogens is 2. The fourth-order valence-electron chi connectivity index (χ4n) is 4.00. The van der Waals surface area contributed by atoms with Crippen molar-refractivity contribution in [1.82, 2.24) is 14.9 Å². The average molecular weight is 362 g/mol. The highest BCUT2D eigenvalue weighted by Crippen LogP contribution is 2.34. The zero-order valence-electron chi connectivity index (χ0n) is 15.7. The highest BCUT2D eigenvalue weighted by atomic mass is 16.1. The lowest BCUT2D eigenvalue weighted by molar-refractivity contribution is 0.0963. The summed E-state index contributed by atoms with van der Waals surface area (Å²) in [5.41, 5.74) is 3.80. The summed E-state index contributed by atoms with van der Waals surface area (Å²) in [5.74, 6) is 0.808. The largest absolute Gasteiger partial charge is 0.355 e. The zero-order chi connectivity index (χ0) is 18.6. The Hall–Kier alpha value is -2.82. The van der Waals surface area contributed by atoms with Crippen molar-refractivity contribution in [1.29, 1.82) is 0 Å². The van der Waals surface area contributed by atoms with E-state index in [0.717, 1.165) is 17.2 Å². The number of imidazole rings is 1. The second kappa shape index (κ2) is 7.82. The molecule has 0 bridgehead atoms. The number of amides is 1. The van der Waals surface area contributed by atoms with Gasteiger partial charge in [0, 0.05) is 24.3 Å². The first kappa shape index (κ1) is 17.6. The first-order valence-electron chi connectivity index (χ1n) is 9.82. The molecule has 5 heteroatoms. The van der Waals surface area contributed by atoms with E-state index in [2.05, 4.69) is 33.4 Å². The molecule has 2 aromatic carbocycles. The maximum Gasteiger partial charge on any atom is 0.251 e. The number of carbonyl (C=O) groups is 1. The molecule has 0 saturated heterocycles. The van der Waals surface area contributed by atoms with Crippen LogP contribution in [0.3, 0.4) is 0 Å². The Labute approximate surface area is 159 Å². The number of hydrogen-bond donors (Lipinski definition) is 2. The van der Waals surface area contributed by atoms with E-state index in [9.17, 15) is 4.79 Å². The number of rotatable bonds is 4. The van der Waals surface area contributed by atoms with Crippen LogP contribution >= 0.6 is 0 Å². The first-order valence-corrected chi connectivity index (χ1v) is 9.82. The van der Waals surface area contributed by atoms with Gasteiger partial charge in [-0.25, -0.2) is 4.98 Å². The van der Waals surface area contributed by atoms with Crippen LogP contribution in [0, 0.1) is 0 Å². The fourth-order valence-corrected chi connectivity index (χ4v) is 4.00. The molecule has 140 valence electrons. The molecule has 1 saturated carbocycles. The van der Waals surface area contributed by atoms with E-state index in [0.29, 0.717) is 11.6 Å². The Morgan fingerprint density at radius 1 is 1.00 bits per heavy atom. The molecule has 1 fully saturated rings. The van der Waals surface area contributed by atoms with Crippen molar-refractivity contribution in [3.63, 3.8) is 0 Å². The summed E-state index contributed by atoms with van der Waals surface area (Å²) in [6.45, 7) is 0. The molecule has 4 rings (SSSR count). The van der Waals surface area contributed by atoms with E-state index in [1.54, 1.807) is 7.05 Å². The summed E-state index contributed by atoms with van der Waals surface area (Å²) in [5, 5.41) is 6.13. The van der Waals surface area contributed by atoms with Crippen LogP contribution in [0.15, 0.2) is 48.5 Å². The summed E-state index contributed by atoms with van der Waals surface area (Å²) in [6.07, 6.45) is 7.60. The molecular weight excluding hydrogens is 336 g/mol. The van der Waals surface area contributed by atoms with Crippen LogP contribution in [0.25, 0.3) is 11.0 Å². The van der Waals surface area contributed by atoms with Crippen LogP contribution < -0.4 is 10.6 Å². The Morgan fingerprint density at radius 2 is 1.70 bits per heavy atom. The van der Waals surface area contributed by atoms with Gasteiger partial charge in [-0.05, 0) is 49.2 Å². The third-order valence-electron chi connectivity index (χ3n) is 5.42. The predicted octanol–water partition coefficient (Wildman–Crippen LogP) is 5.03. The lowest BCUT2D eigenvalue weighted by atomic mass is 10.1. The molecule has 1 aliphatic carbocycles.